The molecule has 1 aromatic rings. The van der Waals surface area contributed by atoms with Gasteiger partial charge in [0.1, 0.15) is 5.69 Å². The van der Waals surface area contributed by atoms with Gasteiger partial charge in [-0.3, -0.25) is 0 Å². The standard InChI is InChI=1S/C15H19N5/c1-2-5-13-12-14(6-7-15(13)19-18)20(10-3-8-16)11-4-9-17/h6-7,12,18H,2-5,10-11H2,1H3/p+1. The number of rotatable bonds is 8. The van der Waals surface area contributed by atoms with E-state index in [1.54, 1.807) is 0 Å². The molecule has 0 saturated carbocycles. The Hall–Kier alpha value is -2.40. The summed E-state index contributed by atoms with van der Waals surface area (Å²) in [5.74, 6) is 0. The molecule has 0 bridgehead atoms. The highest BCUT2D eigenvalue weighted by molar-refractivity contribution is 5.58. The van der Waals surface area contributed by atoms with E-state index >= 15 is 0 Å². The number of aryl methyl sites for hydroxylation is 1. The lowest BCUT2D eigenvalue weighted by Gasteiger charge is -2.23. The van der Waals surface area contributed by atoms with Gasteiger partial charge in [-0.1, -0.05) is 13.3 Å². The molecule has 1 aromatic carbocycles. The summed E-state index contributed by atoms with van der Waals surface area (Å²) in [7, 11) is 0. The van der Waals surface area contributed by atoms with Crippen LogP contribution in [0.5, 0.6) is 0 Å². The summed E-state index contributed by atoms with van der Waals surface area (Å²) in [4.78, 5) is 2.06. The number of nitrogens with two attached hydrogens (primary N) is 1. The quantitative estimate of drug-likeness (QED) is 0.734. The van der Waals surface area contributed by atoms with E-state index in [2.05, 4.69) is 35.1 Å². The molecule has 0 aliphatic carbocycles. The normalized spacial score (nSPS) is 9.55. The minimum absolute atomic E-state index is 0.442. The molecule has 0 atom stereocenters. The average Bonchev–Trinajstić information content (AvgIpc) is 2.48. The van der Waals surface area contributed by atoms with Crippen LogP contribution in [-0.2, 0) is 6.42 Å². The van der Waals surface area contributed by atoms with E-state index in [0.717, 1.165) is 29.8 Å². The zero-order valence-corrected chi connectivity index (χ0v) is 11.8. The molecular formula is C15H20N5+. The maximum atomic E-state index is 8.74. The molecule has 0 aliphatic heterocycles. The van der Waals surface area contributed by atoms with Crippen LogP contribution in [0.25, 0.3) is 0 Å². The Morgan fingerprint density at radius 3 is 2.35 bits per heavy atom. The van der Waals surface area contributed by atoms with Crippen LogP contribution in [0.4, 0.5) is 11.4 Å². The number of nitrogens with zero attached hydrogens (tertiary/aromatic N) is 4. The van der Waals surface area contributed by atoms with Crippen LogP contribution in [0, 0.1) is 22.7 Å². The van der Waals surface area contributed by atoms with Crippen molar-refractivity contribution in [2.75, 3.05) is 18.0 Å². The highest BCUT2D eigenvalue weighted by Gasteiger charge is 2.10. The molecular weight excluding hydrogens is 250 g/mol. The van der Waals surface area contributed by atoms with E-state index < -0.39 is 0 Å². The Labute approximate surface area is 119 Å². The summed E-state index contributed by atoms with van der Waals surface area (Å²) in [6, 6.07) is 10.2. The number of hydrogen-bond acceptors (Lipinski definition) is 4. The predicted octanol–water partition coefficient (Wildman–Crippen LogP) is 2.12. The fraction of sp³-hybridized carbons (Fsp3) is 0.467. The molecule has 2 N–H and O–H groups in total. The Bertz CT molecular complexity index is 506. The summed E-state index contributed by atoms with van der Waals surface area (Å²) in [5.41, 5.74) is 8.32. The van der Waals surface area contributed by atoms with Crippen LogP contribution in [0.3, 0.4) is 0 Å². The number of anilines is 1. The van der Waals surface area contributed by atoms with E-state index in [-0.39, 0.29) is 0 Å². The van der Waals surface area contributed by atoms with Crippen molar-refractivity contribution in [3.8, 4) is 12.1 Å². The van der Waals surface area contributed by atoms with Gasteiger partial charge in [-0.15, -0.1) is 0 Å². The van der Waals surface area contributed by atoms with Crippen molar-refractivity contribution in [2.45, 2.75) is 32.6 Å². The van der Waals surface area contributed by atoms with Gasteiger partial charge in [0.2, 0.25) is 0 Å². The highest BCUT2D eigenvalue weighted by Crippen LogP contribution is 2.26. The molecule has 0 heterocycles. The number of benzene rings is 1. The van der Waals surface area contributed by atoms with Gasteiger partial charge in [-0.05, 0) is 35.3 Å². The lowest BCUT2D eigenvalue weighted by molar-refractivity contribution is -0.210. The summed E-state index contributed by atoms with van der Waals surface area (Å²) in [5, 5.41) is 21.3. The summed E-state index contributed by atoms with van der Waals surface area (Å²) >= 11 is 0. The maximum absolute atomic E-state index is 8.74. The lowest BCUT2D eigenvalue weighted by atomic mass is 10.1. The van der Waals surface area contributed by atoms with Gasteiger partial charge in [-0.25, -0.2) is 0 Å². The van der Waals surface area contributed by atoms with Gasteiger partial charge >= 0.3 is 0 Å². The molecule has 5 heteroatoms. The first-order chi connectivity index (χ1) is 9.76. The van der Waals surface area contributed by atoms with E-state index in [0.29, 0.717) is 25.9 Å². The molecule has 0 radical (unpaired) electrons. The molecule has 0 amide bonds. The molecule has 0 spiro atoms. The van der Waals surface area contributed by atoms with E-state index in [4.69, 9.17) is 16.1 Å². The molecule has 0 saturated heterocycles. The monoisotopic (exact) mass is 270 g/mol. The highest BCUT2D eigenvalue weighted by atomic mass is 15.1. The number of nitriles is 2. The van der Waals surface area contributed by atoms with Crippen LogP contribution in [0.2, 0.25) is 0 Å². The van der Waals surface area contributed by atoms with Gasteiger partial charge in [0.25, 0.3) is 0 Å². The zero-order chi connectivity index (χ0) is 14.8. The maximum Gasteiger partial charge on any atom is 0.133 e. The Kier molecular flexibility index (Phi) is 6.78. The molecule has 20 heavy (non-hydrogen) atoms. The largest absolute Gasteiger partial charge is 0.369 e. The minimum atomic E-state index is 0.442. The van der Waals surface area contributed by atoms with Crippen molar-refractivity contribution >= 4 is 11.4 Å². The Morgan fingerprint density at radius 1 is 1.20 bits per heavy atom. The summed E-state index contributed by atoms with van der Waals surface area (Å²) in [6.45, 7) is 3.36. The first kappa shape index (κ1) is 15.7. The van der Waals surface area contributed by atoms with E-state index in [1.165, 1.54) is 0 Å². The molecule has 104 valence electrons. The predicted molar refractivity (Wildman–Crippen MR) is 77.1 cm³/mol. The van der Waals surface area contributed by atoms with Gasteiger partial charge in [0.15, 0.2) is 0 Å². The Morgan fingerprint density at radius 2 is 1.85 bits per heavy atom. The lowest BCUT2D eigenvalue weighted by Crippen LogP contribution is -2.25. The summed E-state index contributed by atoms with van der Waals surface area (Å²) < 4.78 is 0. The molecule has 0 aliphatic rings. The second-order valence-corrected chi connectivity index (χ2v) is 4.50. The van der Waals surface area contributed by atoms with Crippen molar-refractivity contribution in [3.05, 3.63) is 23.8 Å². The smallest absolute Gasteiger partial charge is 0.133 e. The van der Waals surface area contributed by atoms with Crippen molar-refractivity contribution in [3.63, 3.8) is 0 Å². The average molecular weight is 270 g/mol. The van der Waals surface area contributed by atoms with Crippen molar-refractivity contribution in [1.29, 1.82) is 10.5 Å². The molecule has 0 aromatic heterocycles. The molecule has 0 unspecified atom stereocenters. The van der Waals surface area contributed by atoms with E-state index in [1.807, 2.05) is 12.1 Å². The summed E-state index contributed by atoms with van der Waals surface area (Å²) in [6.07, 6.45) is 2.81. The van der Waals surface area contributed by atoms with Crippen LogP contribution >= 0.6 is 0 Å². The third-order valence-electron chi connectivity index (χ3n) is 3.07. The SMILES string of the molecule is CCCc1cc(N(CCC#N)CCC#N)ccc1N=[NH2+]. The van der Waals surface area contributed by atoms with Gasteiger partial charge in [0.05, 0.1) is 25.0 Å². The van der Waals surface area contributed by atoms with Crippen molar-refractivity contribution < 1.29 is 5.53 Å². The second kappa shape index (κ2) is 8.66. The van der Waals surface area contributed by atoms with Crippen LogP contribution in [0.15, 0.2) is 23.3 Å². The first-order valence-electron chi connectivity index (χ1n) is 6.79. The van der Waals surface area contributed by atoms with E-state index in [9.17, 15) is 0 Å². The van der Waals surface area contributed by atoms with Gasteiger partial charge in [0, 0.05) is 18.8 Å². The molecule has 0 fully saturated rings. The molecule has 5 nitrogen and oxygen atoms in total. The second-order valence-electron chi connectivity index (χ2n) is 4.50. The Balaban J connectivity index is 3.00. The molecule has 1 rings (SSSR count). The first-order valence-corrected chi connectivity index (χ1v) is 6.79. The fourth-order valence-corrected chi connectivity index (χ4v) is 2.10. The third-order valence-corrected chi connectivity index (χ3v) is 3.07. The fourth-order valence-electron chi connectivity index (χ4n) is 2.10. The number of hydrogen-bond donors (Lipinski definition) is 1. The van der Waals surface area contributed by atoms with Crippen LogP contribution in [-0.4, -0.2) is 13.1 Å². The topological polar surface area (TPSA) is 88.8 Å². The van der Waals surface area contributed by atoms with Gasteiger partial charge in [-0.2, -0.15) is 16.1 Å². The van der Waals surface area contributed by atoms with Gasteiger partial charge < -0.3 is 4.90 Å². The van der Waals surface area contributed by atoms with Crippen molar-refractivity contribution in [2.24, 2.45) is 5.11 Å². The van der Waals surface area contributed by atoms with Crippen LogP contribution < -0.4 is 10.4 Å². The third kappa shape index (κ3) is 4.37. The van der Waals surface area contributed by atoms with Crippen LogP contribution in [0.1, 0.15) is 31.7 Å². The van der Waals surface area contributed by atoms with Crippen molar-refractivity contribution in [1.82, 2.24) is 0 Å². The minimum Gasteiger partial charge on any atom is -0.369 e. The zero-order valence-electron chi connectivity index (χ0n) is 11.8.